The maximum Gasteiger partial charge on any atom is 0.358 e. The third kappa shape index (κ3) is 2.50. The molecule has 0 fully saturated rings. The molecule has 4 nitrogen and oxygen atoms in total. The van der Waals surface area contributed by atoms with Gasteiger partial charge in [-0.2, -0.15) is 0 Å². The predicted octanol–water partition coefficient (Wildman–Crippen LogP) is 3.49. The van der Waals surface area contributed by atoms with E-state index in [2.05, 4.69) is 0 Å². The maximum absolute atomic E-state index is 14.9. The average Bonchev–Trinajstić information content (AvgIpc) is 2.87. The lowest BCUT2D eigenvalue weighted by atomic mass is 10.0. The summed E-state index contributed by atoms with van der Waals surface area (Å²) in [5.74, 6) is -2.12. The fourth-order valence-corrected chi connectivity index (χ4v) is 2.52. The molecule has 3 aromatic rings. The van der Waals surface area contributed by atoms with E-state index >= 15 is 0 Å². The normalized spacial score (nSPS) is 10.7. The van der Waals surface area contributed by atoms with Gasteiger partial charge in [-0.05, 0) is 19.1 Å². The molecule has 0 N–H and O–H groups in total. The van der Waals surface area contributed by atoms with E-state index in [0.717, 1.165) is 0 Å². The number of rotatable bonds is 4. The van der Waals surface area contributed by atoms with Crippen LogP contribution < -0.4 is 0 Å². The van der Waals surface area contributed by atoms with Gasteiger partial charge in [0, 0.05) is 11.8 Å². The molecule has 0 spiro atoms. The van der Waals surface area contributed by atoms with Crippen molar-refractivity contribution in [2.24, 2.45) is 0 Å². The van der Waals surface area contributed by atoms with Crippen molar-refractivity contribution in [2.75, 3.05) is 6.61 Å². The van der Waals surface area contributed by atoms with Crippen LogP contribution in [0, 0.1) is 5.82 Å². The van der Waals surface area contributed by atoms with Crippen molar-refractivity contribution < 1.29 is 18.7 Å². The fraction of sp³-hybridized carbons (Fsp3) is 0.111. The van der Waals surface area contributed by atoms with Gasteiger partial charge < -0.3 is 9.14 Å². The number of fused-ring (bicyclic) bond motifs is 1. The number of esters is 1. The highest BCUT2D eigenvalue weighted by atomic mass is 19.1. The number of carbonyl (C=O) groups excluding carboxylic acids is 2. The summed E-state index contributed by atoms with van der Waals surface area (Å²) in [5, 5.41) is 0. The molecule has 116 valence electrons. The molecule has 0 aliphatic rings. The highest BCUT2D eigenvalue weighted by Gasteiger charge is 2.28. The Kier molecular flexibility index (Phi) is 3.93. The molecule has 0 atom stereocenters. The van der Waals surface area contributed by atoms with Crippen molar-refractivity contribution in [2.45, 2.75) is 6.92 Å². The van der Waals surface area contributed by atoms with E-state index in [1.165, 1.54) is 10.6 Å². The van der Waals surface area contributed by atoms with Crippen LogP contribution in [0.4, 0.5) is 4.39 Å². The Morgan fingerprint density at radius 3 is 2.48 bits per heavy atom. The molecule has 3 rings (SSSR count). The molecule has 0 amide bonds. The number of hydrogen-bond acceptors (Lipinski definition) is 3. The second-order valence-electron chi connectivity index (χ2n) is 4.91. The molecular formula is C18H14FNO3. The highest BCUT2D eigenvalue weighted by molar-refractivity contribution is 6.15. The number of nitrogens with zero attached hydrogens (tertiary/aromatic N) is 1. The van der Waals surface area contributed by atoms with Crippen molar-refractivity contribution in [3.63, 3.8) is 0 Å². The van der Waals surface area contributed by atoms with E-state index in [-0.39, 0.29) is 17.9 Å². The Bertz CT molecular complexity index is 884. The molecule has 0 aliphatic carbocycles. The van der Waals surface area contributed by atoms with Crippen LogP contribution in [-0.4, -0.2) is 22.8 Å². The van der Waals surface area contributed by atoms with Gasteiger partial charge in [0.05, 0.1) is 17.7 Å². The molecule has 0 bridgehead atoms. The van der Waals surface area contributed by atoms with Crippen LogP contribution in [-0.2, 0) is 4.74 Å². The smallest absolute Gasteiger partial charge is 0.358 e. The predicted molar refractivity (Wildman–Crippen MR) is 83.2 cm³/mol. The Hall–Kier alpha value is -2.95. The zero-order valence-corrected chi connectivity index (χ0v) is 12.5. The number of aromatic nitrogens is 1. The monoisotopic (exact) mass is 311 g/mol. The summed E-state index contributed by atoms with van der Waals surface area (Å²) in [5.41, 5.74) is 0.307. The van der Waals surface area contributed by atoms with Gasteiger partial charge in [0.1, 0.15) is 0 Å². The first-order valence-corrected chi connectivity index (χ1v) is 7.20. The molecule has 23 heavy (non-hydrogen) atoms. The van der Waals surface area contributed by atoms with E-state index in [4.69, 9.17) is 4.74 Å². The van der Waals surface area contributed by atoms with Crippen LogP contribution in [0.5, 0.6) is 0 Å². The van der Waals surface area contributed by atoms with Gasteiger partial charge in [-0.15, -0.1) is 0 Å². The summed E-state index contributed by atoms with van der Waals surface area (Å²) in [6.07, 6.45) is 1.53. The standard InChI is InChI=1S/C18H14FNO3/c1-2-23-18(22)16-15(19)14(13-10-6-7-11-20(13)16)17(21)12-8-4-3-5-9-12/h3-11H,2H2,1H3. The van der Waals surface area contributed by atoms with Gasteiger partial charge in [-0.1, -0.05) is 36.4 Å². The van der Waals surface area contributed by atoms with Crippen molar-refractivity contribution in [3.8, 4) is 0 Å². The van der Waals surface area contributed by atoms with Crippen molar-refractivity contribution >= 4 is 17.3 Å². The van der Waals surface area contributed by atoms with Gasteiger partial charge in [0.25, 0.3) is 0 Å². The van der Waals surface area contributed by atoms with Crippen LogP contribution >= 0.6 is 0 Å². The summed E-state index contributed by atoms with van der Waals surface area (Å²) in [6.45, 7) is 1.77. The highest BCUT2D eigenvalue weighted by Crippen LogP contribution is 2.25. The van der Waals surface area contributed by atoms with Crippen LogP contribution in [0.1, 0.15) is 33.3 Å². The molecular weight excluding hydrogens is 297 g/mol. The van der Waals surface area contributed by atoms with E-state index in [1.807, 2.05) is 0 Å². The summed E-state index contributed by atoms with van der Waals surface area (Å²) >= 11 is 0. The summed E-state index contributed by atoms with van der Waals surface area (Å²) in [6, 6.07) is 13.3. The van der Waals surface area contributed by atoms with Crippen LogP contribution in [0.15, 0.2) is 54.7 Å². The van der Waals surface area contributed by atoms with Crippen LogP contribution in [0.3, 0.4) is 0 Å². The minimum Gasteiger partial charge on any atom is -0.461 e. The Morgan fingerprint density at radius 1 is 1.09 bits per heavy atom. The second-order valence-corrected chi connectivity index (χ2v) is 4.91. The third-order valence-electron chi connectivity index (χ3n) is 3.52. The Labute approximate surface area is 132 Å². The lowest BCUT2D eigenvalue weighted by Gasteiger charge is -2.02. The molecule has 0 saturated carbocycles. The summed E-state index contributed by atoms with van der Waals surface area (Å²) in [7, 11) is 0. The molecule has 0 aliphatic heterocycles. The first-order valence-electron chi connectivity index (χ1n) is 7.20. The van der Waals surface area contributed by atoms with Gasteiger partial charge in [0.2, 0.25) is 0 Å². The molecule has 2 aromatic heterocycles. The number of ketones is 1. The van der Waals surface area contributed by atoms with E-state index < -0.39 is 17.6 Å². The second kappa shape index (κ2) is 6.04. The quantitative estimate of drug-likeness (QED) is 0.547. The first kappa shape index (κ1) is 15.0. The van der Waals surface area contributed by atoms with E-state index in [0.29, 0.717) is 11.1 Å². The fourth-order valence-electron chi connectivity index (χ4n) is 2.52. The van der Waals surface area contributed by atoms with Crippen LogP contribution in [0.2, 0.25) is 0 Å². The molecule has 5 heteroatoms. The summed E-state index contributed by atoms with van der Waals surface area (Å²) < 4.78 is 21.1. The van der Waals surface area contributed by atoms with Gasteiger partial charge >= 0.3 is 5.97 Å². The van der Waals surface area contributed by atoms with Gasteiger partial charge in [-0.3, -0.25) is 4.79 Å². The van der Waals surface area contributed by atoms with E-state index in [9.17, 15) is 14.0 Å². The van der Waals surface area contributed by atoms with Crippen molar-refractivity contribution in [1.29, 1.82) is 0 Å². The lowest BCUT2D eigenvalue weighted by molar-refractivity contribution is 0.0513. The van der Waals surface area contributed by atoms with Gasteiger partial charge in [-0.25, -0.2) is 9.18 Å². The number of benzene rings is 1. The minimum atomic E-state index is -0.858. The Balaban J connectivity index is 2.24. The SMILES string of the molecule is CCOC(=O)c1c(F)c(C(=O)c2ccccc2)c2ccccn12. The molecule has 0 unspecified atom stereocenters. The molecule has 2 heterocycles. The van der Waals surface area contributed by atoms with Crippen molar-refractivity contribution in [1.82, 2.24) is 4.40 Å². The van der Waals surface area contributed by atoms with Crippen molar-refractivity contribution in [3.05, 3.63) is 77.4 Å². The minimum absolute atomic E-state index is 0.125. The van der Waals surface area contributed by atoms with Gasteiger partial charge in [0.15, 0.2) is 17.3 Å². The van der Waals surface area contributed by atoms with E-state index in [1.54, 1.807) is 55.5 Å². The topological polar surface area (TPSA) is 47.8 Å². The molecule has 1 aromatic carbocycles. The number of hydrogen-bond donors (Lipinski definition) is 0. The Morgan fingerprint density at radius 2 is 1.78 bits per heavy atom. The number of ether oxygens (including phenoxy) is 1. The largest absolute Gasteiger partial charge is 0.461 e. The lowest BCUT2D eigenvalue weighted by Crippen LogP contribution is -2.10. The van der Waals surface area contributed by atoms with Crippen LogP contribution in [0.25, 0.3) is 5.52 Å². The zero-order chi connectivity index (χ0) is 16.4. The molecule has 0 radical (unpaired) electrons. The maximum atomic E-state index is 14.9. The third-order valence-corrected chi connectivity index (χ3v) is 3.52. The summed E-state index contributed by atoms with van der Waals surface area (Å²) in [4.78, 5) is 24.7. The first-order chi connectivity index (χ1) is 11.1. The average molecular weight is 311 g/mol. The number of pyridine rings is 1. The number of carbonyl (C=O) groups is 2. The number of halogens is 1. The zero-order valence-electron chi connectivity index (χ0n) is 12.5. The molecule has 0 saturated heterocycles.